The quantitative estimate of drug-likeness (QED) is 0.399. The van der Waals surface area contributed by atoms with Gasteiger partial charge in [-0.2, -0.15) is 13.2 Å². The van der Waals surface area contributed by atoms with Crippen molar-refractivity contribution in [1.82, 2.24) is 15.5 Å². The van der Waals surface area contributed by atoms with E-state index in [-0.39, 0.29) is 24.4 Å². The molecule has 31 heavy (non-hydrogen) atoms. The summed E-state index contributed by atoms with van der Waals surface area (Å²) in [4.78, 5) is 6.98. The predicted octanol–water partition coefficient (Wildman–Crippen LogP) is 2.11. The van der Waals surface area contributed by atoms with Gasteiger partial charge in [0.05, 0.1) is 25.3 Å². The highest BCUT2D eigenvalue weighted by atomic mass is 19.4. The van der Waals surface area contributed by atoms with E-state index in [1.807, 2.05) is 6.92 Å². The molecule has 0 aromatic heterocycles. The summed E-state index contributed by atoms with van der Waals surface area (Å²) in [6.45, 7) is 10.8. The van der Waals surface area contributed by atoms with Crippen molar-refractivity contribution in [3.63, 3.8) is 0 Å². The van der Waals surface area contributed by atoms with Crippen LogP contribution in [0, 0.1) is 0 Å². The second kappa shape index (κ2) is 11.5. The predicted molar refractivity (Wildman–Crippen MR) is 113 cm³/mol. The molecule has 1 saturated heterocycles. The maximum absolute atomic E-state index is 12.6. The van der Waals surface area contributed by atoms with Gasteiger partial charge in [0.15, 0.2) is 5.96 Å². The van der Waals surface area contributed by atoms with E-state index >= 15 is 0 Å². The van der Waals surface area contributed by atoms with Crippen LogP contribution in [0.5, 0.6) is 5.75 Å². The van der Waals surface area contributed by atoms with E-state index in [9.17, 15) is 18.3 Å². The van der Waals surface area contributed by atoms with Gasteiger partial charge in [0.25, 0.3) is 0 Å². The number of hydrogen-bond acceptors (Lipinski definition) is 5. The summed E-state index contributed by atoms with van der Waals surface area (Å²) in [6.07, 6.45) is -5.25. The van der Waals surface area contributed by atoms with E-state index in [1.54, 1.807) is 0 Å². The first-order valence-corrected chi connectivity index (χ1v) is 10.4. The van der Waals surface area contributed by atoms with Crippen molar-refractivity contribution in [2.75, 3.05) is 52.5 Å². The summed E-state index contributed by atoms with van der Waals surface area (Å²) >= 11 is 0. The Morgan fingerprint density at radius 3 is 2.42 bits per heavy atom. The molecule has 1 aliphatic rings. The molecule has 0 aliphatic carbocycles. The number of rotatable bonds is 9. The summed E-state index contributed by atoms with van der Waals surface area (Å²) in [5, 5.41) is 16.4. The minimum absolute atomic E-state index is 0.0585. The van der Waals surface area contributed by atoms with Crippen molar-refractivity contribution in [3.05, 3.63) is 29.8 Å². The number of aliphatic hydroxyl groups is 1. The molecular weight excluding hydrogens is 413 g/mol. The van der Waals surface area contributed by atoms with Crippen LogP contribution in [0.4, 0.5) is 13.2 Å². The van der Waals surface area contributed by atoms with Gasteiger partial charge in [-0.3, -0.25) is 9.89 Å². The molecule has 0 amide bonds. The number of aliphatic hydroxyl groups excluding tert-OH is 1. The Bertz CT molecular complexity index is 690. The zero-order valence-electron chi connectivity index (χ0n) is 18.3. The molecule has 1 fully saturated rings. The summed E-state index contributed by atoms with van der Waals surface area (Å²) < 4.78 is 48.6. The third kappa shape index (κ3) is 8.54. The van der Waals surface area contributed by atoms with E-state index in [2.05, 4.69) is 34.4 Å². The normalized spacial score (nSPS) is 17.3. The van der Waals surface area contributed by atoms with Crippen molar-refractivity contribution >= 4 is 5.96 Å². The van der Waals surface area contributed by atoms with Crippen molar-refractivity contribution in [2.24, 2.45) is 4.99 Å². The van der Waals surface area contributed by atoms with Crippen LogP contribution in [-0.4, -0.2) is 80.2 Å². The fraction of sp³-hybridized carbons (Fsp3) is 0.667. The number of alkyl halides is 3. The highest BCUT2D eigenvalue weighted by Gasteiger charge is 2.30. The fourth-order valence-electron chi connectivity index (χ4n) is 3.09. The van der Waals surface area contributed by atoms with Crippen molar-refractivity contribution < 1.29 is 27.8 Å². The number of morpholine rings is 1. The van der Waals surface area contributed by atoms with E-state index in [0.717, 1.165) is 38.4 Å². The third-order valence-electron chi connectivity index (χ3n) is 4.96. The molecule has 0 spiro atoms. The average Bonchev–Trinajstić information content (AvgIpc) is 2.74. The van der Waals surface area contributed by atoms with Gasteiger partial charge in [0, 0.05) is 31.7 Å². The lowest BCUT2D eigenvalue weighted by atomic mass is 10.0. The number of ether oxygens (including phenoxy) is 2. The number of benzene rings is 1. The van der Waals surface area contributed by atoms with Gasteiger partial charge < -0.3 is 25.2 Å². The number of nitrogens with one attached hydrogen (secondary N) is 2. The Labute approximate surface area is 181 Å². The highest BCUT2D eigenvalue weighted by molar-refractivity contribution is 5.79. The monoisotopic (exact) mass is 446 g/mol. The van der Waals surface area contributed by atoms with Gasteiger partial charge in [0.1, 0.15) is 18.5 Å². The number of halogens is 3. The molecule has 2 rings (SSSR count). The summed E-state index contributed by atoms with van der Waals surface area (Å²) in [5.74, 6) is 0.845. The Balaban J connectivity index is 1.81. The molecule has 1 aromatic rings. The van der Waals surface area contributed by atoms with Crippen molar-refractivity contribution in [3.8, 4) is 5.75 Å². The van der Waals surface area contributed by atoms with Crippen LogP contribution in [0.25, 0.3) is 0 Å². The molecule has 0 saturated carbocycles. The van der Waals surface area contributed by atoms with E-state index < -0.39 is 17.8 Å². The molecule has 1 heterocycles. The Kier molecular flexibility index (Phi) is 9.39. The highest BCUT2D eigenvalue weighted by Crippen LogP contribution is 2.30. The zero-order chi connectivity index (χ0) is 22.9. The maximum atomic E-state index is 12.6. The minimum Gasteiger partial charge on any atom is -0.491 e. The molecule has 1 aliphatic heterocycles. The van der Waals surface area contributed by atoms with Crippen LogP contribution < -0.4 is 15.4 Å². The fourth-order valence-corrected chi connectivity index (χ4v) is 3.09. The Hall–Kier alpha value is -2.04. The first-order valence-electron chi connectivity index (χ1n) is 10.4. The van der Waals surface area contributed by atoms with Crippen LogP contribution in [-0.2, 0) is 10.9 Å². The molecule has 10 heteroatoms. The Morgan fingerprint density at radius 2 is 1.84 bits per heavy atom. The van der Waals surface area contributed by atoms with E-state index in [4.69, 9.17) is 9.47 Å². The molecule has 7 nitrogen and oxygen atoms in total. The lowest BCUT2D eigenvalue weighted by Crippen LogP contribution is -2.52. The zero-order valence-corrected chi connectivity index (χ0v) is 18.3. The standard InChI is InChI=1S/C21H33F3N4O3/c1-4-25-19(27-15-20(2,3)28-9-11-30-12-10-28)26-13-17(29)14-31-18-7-5-16(6-8-18)21(22,23)24/h5-8,17,29H,4,9-15H2,1-3H3,(H2,25,26,27). The molecular formula is C21H33F3N4O3. The van der Waals surface area contributed by atoms with Gasteiger partial charge in [-0.25, -0.2) is 0 Å². The number of guanidine groups is 1. The molecule has 1 aromatic carbocycles. The lowest BCUT2D eigenvalue weighted by molar-refractivity contribution is -0.137. The smallest absolute Gasteiger partial charge is 0.416 e. The number of aliphatic imine (C=N–C) groups is 1. The molecule has 0 bridgehead atoms. The van der Waals surface area contributed by atoms with Gasteiger partial charge in [-0.05, 0) is 45.0 Å². The maximum Gasteiger partial charge on any atom is 0.416 e. The topological polar surface area (TPSA) is 78.4 Å². The molecule has 1 unspecified atom stereocenters. The summed E-state index contributed by atoms with van der Waals surface area (Å²) in [6, 6.07) is 4.38. The molecule has 176 valence electrons. The number of hydrogen-bond donors (Lipinski definition) is 3. The van der Waals surface area contributed by atoms with Gasteiger partial charge in [-0.15, -0.1) is 0 Å². The average molecular weight is 447 g/mol. The van der Waals surface area contributed by atoms with E-state index in [1.165, 1.54) is 12.1 Å². The summed E-state index contributed by atoms with van der Waals surface area (Å²) in [7, 11) is 0. The van der Waals surface area contributed by atoms with Gasteiger partial charge in [0.2, 0.25) is 0 Å². The molecule has 3 N–H and O–H groups in total. The first-order chi connectivity index (χ1) is 14.6. The van der Waals surface area contributed by atoms with Gasteiger partial charge in [-0.1, -0.05) is 0 Å². The van der Waals surface area contributed by atoms with Crippen LogP contribution in [0.3, 0.4) is 0 Å². The number of nitrogens with zero attached hydrogens (tertiary/aromatic N) is 2. The second-order valence-corrected chi connectivity index (χ2v) is 7.97. The lowest BCUT2D eigenvalue weighted by Gasteiger charge is -2.39. The minimum atomic E-state index is -4.39. The van der Waals surface area contributed by atoms with Crippen molar-refractivity contribution in [1.29, 1.82) is 0 Å². The third-order valence-corrected chi connectivity index (χ3v) is 4.96. The van der Waals surface area contributed by atoms with Crippen LogP contribution in [0.15, 0.2) is 29.3 Å². The van der Waals surface area contributed by atoms with Crippen LogP contribution >= 0.6 is 0 Å². The largest absolute Gasteiger partial charge is 0.491 e. The molecule has 1 atom stereocenters. The van der Waals surface area contributed by atoms with E-state index in [0.29, 0.717) is 19.0 Å². The SMILES string of the molecule is CCNC(=NCC(C)(C)N1CCOCC1)NCC(O)COc1ccc(C(F)(F)F)cc1. The Morgan fingerprint density at radius 1 is 1.19 bits per heavy atom. The van der Waals surface area contributed by atoms with Crippen molar-refractivity contribution in [2.45, 2.75) is 38.6 Å². The van der Waals surface area contributed by atoms with Crippen LogP contribution in [0.2, 0.25) is 0 Å². The molecule has 0 radical (unpaired) electrons. The van der Waals surface area contributed by atoms with Crippen LogP contribution in [0.1, 0.15) is 26.3 Å². The van der Waals surface area contributed by atoms with Gasteiger partial charge >= 0.3 is 6.18 Å². The second-order valence-electron chi connectivity index (χ2n) is 7.97. The first kappa shape index (κ1) is 25.2. The summed E-state index contributed by atoms with van der Waals surface area (Å²) in [5.41, 5.74) is -0.871.